The molecule has 0 spiro atoms. The highest BCUT2D eigenvalue weighted by molar-refractivity contribution is 5.74. The molecule has 15 heavy (non-hydrogen) atoms. The third-order valence-corrected chi connectivity index (χ3v) is 1.89. The summed E-state index contributed by atoms with van der Waals surface area (Å²) < 4.78 is 14.7. The Morgan fingerprint density at radius 2 is 2.40 bits per heavy atom. The molecule has 0 aliphatic heterocycles. The molecule has 1 aromatic carbocycles. The van der Waals surface area contributed by atoms with Crippen molar-refractivity contribution in [3.05, 3.63) is 24.6 Å². The average Bonchev–Trinajstić information content (AvgIpc) is 2.72. The summed E-state index contributed by atoms with van der Waals surface area (Å²) in [7, 11) is 1.31. The van der Waals surface area contributed by atoms with E-state index in [0.29, 0.717) is 11.3 Å². The second kappa shape index (κ2) is 4.00. The maximum absolute atomic E-state index is 10.8. The number of nitrogens with zero attached hydrogens (tertiary/aromatic N) is 1. The van der Waals surface area contributed by atoms with Crippen molar-refractivity contribution in [1.82, 2.24) is 4.98 Å². The van der Waals surface area contributed by atoms with E-state index in [1.165, 1.54) is 13.5 Å². The fraction of sp³-hybridized carbons (Fsp3) is 0.200. The van der Waals surface area contributed by atoms with Gasteiger partial charge in [-0.2, -0.15) is 0 Å². The molecule has 0 bridgehead atoms. The first-order valence-electron chi connectivity index (χ1n) is 4.32. The van der Waals surface area contributed by atoms with Gasteiger partial charge in [-0.15, -0.1) is 0 Å². The van der Waals surface area contributed by atoms with Crippen LogP contribution in [0.15, 0.2) is 29.0 Å². The van der Waals surface area contributed by atoms with Gasteiger partial charge in [-0.05, 0) is 12.1 Å². The number of benzene rings is 1. The Balaban J connectivity index is 2.11. The van der Waals surface area contributed by atoms with Crippen LogP contribution in [-0.2, 0) is 9.53 Å². The van der Waals surface area contributed by atoms with Gasteiger partial charge in [0.1, 0.15) is 11.3 Å². The molecule has 78 valence electrons. The summed E-state index contributed by atoms with van der Waals surface area (Å²) in [5, 5.41) is 0. The lowest BCUT2D eigenvalue weighted by Gasteiger charge is -2.03. The van der Waals surface area contributed by atoms with E-state index < -0.39 is 5.97 Å². The van der Waals surface area contributed by atoms with Crippen LogP contribution in [0.4, 0.5) is 0 Å². The van der Waals surface area contributed by atoms with Crippen molar-refractivity contribution in [3.8, 4) is 5.75 Å². The SMILES string of the molecule is COC(=O)COc1ccc2ncoc2c1. The lowest BCUT2D eigenvalue weighted by atomic mass is 10.3. The number of rotatable bonds is 3. The van der Waals surface area contributed by atoms with Crippen LogP contribution in [0.25, 0.3) is 11.1 Å². The second-order valence-electron chi connectivity index (χ2n) is 2.85. The standard InChI is InChI=1S/C10H9NO4/c1-13-10(12)5-14-7-2-3-8-9(4-7)15-6-11-8/h2-4,6H,5H2,1H3. The van der Waals surface area contributed by atoms with Gasteiger partial charge in [0.2, 0.25) is 0 Å². The Morgan fingerprint density at radius 1 is 1.53 bits per heavy atom. The number of ether oxygens (including phenoxy) is 2. The molecule has 1 heterocycles. The predicted octanol–water partition coefficient (Wildman–Crippen LogP) is 1.38. The molecule has 0 atom stereocenters. The van der Waals surface area contributed by atoms with Crippen LogP contribution < -0.4 is 4.74 Å². The van der Waals surface area contributed by atoms with Crippen molar-refractivity contribution < 1.29 is 18.7 Å². The van der Waals surface area contributed by atoms with Crippen molar-refractivity contribution in [2.45, 2.75) is 0 Å². The third-order valence-electron chi connectivity index (χ3n) is 1.89. The molecule has 0 aliphatic rings. The van der Waals surface area contributed by atoms with E-state index in [2.05, 4.69) is 9.72 Å². The highest BCUT2D eigenvalue weighted by Crippen LogP contribution is 2.19. The first-order valence-corrected chi connectivity index (χ1v) is 4.32. The summed E-state index contributed by atoms with van der Waals surface area (Å²) in [5.41, 5.74) is 1.37. The maximum atomic E-state index is 10.8. The summed E-state index contributed by atoms with van der Waals surface area (Å²) in [6.45, 7) is -0.115. The Morgan fingerprint density at radius 3 is 3.20 bits per heavy atom. The molecule has 2 rings (SSSR count). The van der Waals surface area contributed by atoms with Gasteiger partial charge in [0.25, 0.3) is 0 Å². The fourth-order valence-corrected chi connectivity index (χ4v) is 1.13. The van der Waals surface area contributed by atoms with Crippen LogP contribution in [0.2, 0.25) is 0 Å². The first kappa shape index (κ1) is 9.51. The molecule has 0 saturated heterocycles. The van der Waals surface area contributed by atoms with Gasteiger partial charge in [0.15, 0.2) is 18.6 Å². The van der Waals surface area contributed by atoms with Gasteiger partial charge in [0, 0.05) is 6.07 Å². The molecule has 2 aromatic rings. The molecule has 5 heteroatoms. The molecular formula is C10H9NO4. The van der Waals surface area contributed by atoms with Gasteiger partial charge in [0.05, 0.1) is 7.11 Å². The van der Waals surface area contributed by atoms with Gasteiger partial charge < -0.3 is 13.9 Å². The van der Waals surface area contributed by atoms with Crippen molar-refractivity contribution in [2.24, 2.45) is 0 Å². The number of oxazole rings is 1. The molecule has 0 aliphatic carbocycles. The van der Waals surface area contributed by atoms with E-state index in [4.69, 9.17) is 9.15 Å². The summed E-state index contributed by atoms with van der Waals surface area (Å²) in [4.78, 5) is 14.8. The van der Waals surface area contributed by atoms with Crippen molar-refractivity contribution >= 4 is 17.1 Å². The Labute approximate surface area is 85.6 Å². The number of hydrogen-bond donors (Lipinski definition) is 0. The zero-order valence-electron chi connectivity index (χ0n) is 8.10. The highest BCUT2D eigenvalue weighted by atomic mass is 16.6. The lowest BCUT2D eigenvalue weighted by molar-refractivity contribution is -0.142. The average molecular weight is 207 g/mol. The van der Waals surface area contributed by atoms with E-state index in [1.54, 1.807) is 18.2 Å². The summed E-state index contributed by atoms with van der Waals surface area (Å²) >= 11 is 0. The summed E-state index contributed by atoms with van der Waals surface area (Å²) in [6, 6.07) is 5.14. The number of aromatic nitrogens is 1. The number of hydrogen-bond acceptors (Lipinski definition) is 5. The normalized spacial score (nSPS) is 10.2. The third kappa shape index (κ3) is 2.07. The lowest BCUT2D eigenvalue weighted by Crippen LogP contribution is -2.12. The van der Waals surface area contributed by atoms with Crippen molar-refractivity contribution in [3.63, 3.8) is 0 Å². The topological polar surface area (TPSA) is 61.6 Å². The molecule has 0 fully saturated rings. The zero-order chi connectivity index (χ0) is 10.7. The molecular weight excluding hydrogens is 198 g/mol. The number of methoxy groups -OCH3 is 1. The van der Waals surface area contributed by atoms with Crippen LogP contribution in [0.3, 0.4) is 0 Å². The van der Waals surface area contributed by atoms with E-state index in [0.717, 1.165) is 5.52 Å². The quantitative estimate of drug-likeness (QED) is 0.711. The van der Waals surface area contributed by atoms with Gasteiger partial charge in [-0.3, -0.25) is 0 Å². The first-order chi connectivity index (χ1) is 7.29. The molecule has 0 amide bonds. The minimum absolute atomic E-state index is 0.115. The maximum Gasteiger partial charge on any atom is 0.343 e. The monoisotopic (exact) mass is 207 g/mol. The van der Waals surface area contributed by atoms with Crippen molar-refractivity contribution in [1.29, 1.82) is 0 Å². The largest absolute Gasteiger partial charge is 0.482 e. The number of carbonyl (C=O) groups excluding carboxylic acids is 1. The van der Waals surface area contributed by atoms with Crippen LogP contribution >= 0.6 is 0 Å². The van der Waals surface area contributed by atoms with E-state index in [9.17, 15) is 4.79 Å². The second-order valence-corrected chi connectivity index (χ2v) is 2.85. The summed E-state index contributed by atoms with van der Waals surface area (Å²) in [5.74, 6) is 0.123. The molecule has 0 unspecified atom stereocenters. The highest BCUT2D eigenvalue weighted by Gasteiger charge is 2.04. The number of fused-ring (bicyclic) bond motifs is 1. The molecule has 0 saturated carbocycles. The van der Waals surface area contributed by atoms with E-state index in [1.807, 2.05) is 0 Å². The molecule has 1 aromatic heterocycles. The van der Waals surface area contributed by atoms with E-state index >= 15 is 0 Å². The van der Waals surface area contributed by atoms with Gasteiger partial charge in [-0.1, -0.05) is 0 Å². The van der Waals surface area contributed by atoms with Crippen LogP contribution in [-0.4, -0.2) is 24.7 Å². The predicted molar refractivity (Wildman–Crippen MR) is 51.5 cm³/mol. The fourth-order valence-electron chi connectivity index (χ4n) is 1.13. The molecule has 0 N–H and O–H groups in total. The minimum atomic E-state index is -0.423. The Kier molecular flexibility index (Phi) is 2.53. The van der Waals surface area contributed by atoms with Crippen LogP contribution in [0.5, 0.6) is 5.75 Å². The molecule has 0 radical (unpaired) electrons. The number of esters is 1. The minimum Gasteiger partial charge on any atom is -0.482 e. The van der Waals surface area contributed by atoms with Gasteiger partial charge >= 0.3 is 5.97 Å². The molecule has 5 nitrogen and oxygen atoms in total. The van der Waals surface area contributed by atoms with Crippen molar-refractivity contribution in [2.75, 3.05) is 13.7 Å². The van der Waals surface area contributed by atoms with Crippen LogP contribution in [0.1, 0.15) is 0 Å². The van der Waals surface area contributed by atoms with E-state index in [-0.39, 0.29) is 6.61 Å². The van der Waals surface area contributed by atoms with Gasteiger partial charge in [-0.25, -0.2) is 9.78 Å². The number of carbonyl (C=O) groups is 1. The smallest absolute Gasteiger partial charge is 0.343 e. The summed E-state index contributed by atoms with van der Waals surface area (Å²) in [6.07, 6.45) is 1.36. The van der Waals surface area contributed by atoms with Crippen LogP contribution in [0, 0.1) is 0 Å². The Hall–Kier alpha value is -2.04. The zero-order valence-corrected chi connectivity index (χ0v) is 8.10. The Bertz CT molecular complexity index is 477.